The van der Waals surface area contributed by atoms with Crippen LogP contribution in [0.2, 0.25) is 0 Å². The topological polar surface area (TPSA) is 72.2 Å². The second-order valence-corrected chi connectivity index (χ2v) is 6.33. The highest BCUT2D eigenvalue weighted by atomic mass is 32.2. The molecule has 0 aliphatic heterocycles. The van der Waals surface area contributed by atoms with E-state index in [2.05, 4.69) is 5.32 Å². The van der Waals surface area contributed by atoms with Crippen molar-refractivity contribution in [2.75, 3.05) is 12.3 Å². The Balaban J connectivity index is 1.91. The summed E-state index contributed by atoms with van der Waals surface area (Å²) in [5.41, 5.74) is -0.707. The van der Waals surface area contributed by atoms with Crippen LogP contribution in [0.1, 0.15) is 11.1 Å². The van der Waals surface area contributed by atoms with Crippen LogP contribution in [0.5, 0.6) is 0 Å². The number of nitro groups is 1. The van der Waals surface area contributed by atoms with Crippen molar-refractivity contribution in [2.24, 2.45) is 0 Å². The molecule has 0 aromatic heterocycles. The summed E-state index contributed by atoms with van der Waals surface area (Å²) in [5.74, 6) is -0.471. The van der Waals surface area contributed by atoms with Gasteiger partial charge in [0.15, 0.2) is 0 Å². The van der Waals surface area contributed by atoms with Gasteiger partial charge in [-0.25, -0.2) is 0 Å². The van der Waals surface area contributed by atoms with Gasteiger partial charge in [-0.05, 0) is 24.1 Å². The number of nitrogens with one attached hydrogen (secondary N) is 1. The maximum Gasteiger partial charge on any atom is 0.416 e. The van der Waals surface area contributed by atoms with Gasteiger partial charge in [0.1, 0.15) is 0 Å². The average molecular weight is 384 g/mol. The fourth-order valence-corrected chi connectivity index (χ4v) is 2.98. The Morgan fingerprint density at radius 1 is 1.15 bits per heavy atom. The normalized spacial score (nSPS) is 11.2. The quantitative estimate of drug-likeness (QED) is 0.444. The molecule has 0 saturated heterocycles. The third kappa shape index (κ3) is 5.76. The van der Waals surface area contributed by atoms with E-state index in [0.717, 1.165) is 29.5 Å². The van der Waals surface area contributed by atoms with Gasteiger partial charge >= 0.3 is 6.18 Å². The molecule has 1 amide bonds. The zero-order valence-electron chi connectivity index (χ0n) is 13.5. The van der Waals surface area contributed by atoms with Gasteiger partial charge in [-0.3, -0.25) is 14.9 Å². The number of alkyl halides is 3. The summed E-state index contributed by atoms with van der Waals surface area (Å²) in [6, 6.07) is 11.8. The van der Waals surface area contributed by atoms with Gasteiger partial charge in [-0.2, -0.15) is 13.2 Å². The SMILES string of the molecule is O=C(CSc1ccc(C(F)(F)F)cc1[N+](=O)[O-])NCCc1ccccc1. The number of thioether (sulfide) groups is 1. The number of hydrogen-bond donors (Lipinski definition) is 1. The lowest BCUT2D eigenvalue weighted by Crippen LogP contribution is -2.27. The van der Waals surface area contributed by atoms with E-state index in [0.29, 0.717) is 19.0 Å². The lowest BCUT2D eigenvalue weighted by Gasteiger charge is -2.09. The van der Waals surface area contributed by atoms with E-state index in [9.17, 15) is 28.1 Å². The summed E-state index contributed by atoms with van der Waals surface area (Å²) in [6.07, 6.45) is -4.03. The minimum Gasteiger partial charge on any atom is -0.355 e. The standard InChI is InChI=1S/C17H15F3N2O3S/c18-17(19,20)13-6-7-15(14(10-13)22(24)25)26-11-16(23)21-9-8-12-4-2-1-3-5-12/h1-7,10H,8-9,11H2,(H,21,23). The van der Waals surface area contributed by atoms with Crippen molar-refractivity contribution in [1.82, 2.24) is 5.32 Å². The first-order valence-electron chi connectivity index (χ1n) is 7.56. The van der Waals surface area contributed by atoms with Crippen molar-refractivity contribution in [3.8, 4) is 0 Å². The van der Waals surface area contributed by atoms with Crippen molar-refractivity contribution < 1.29 is 22.9 Å². The van der Waals surface area contributed by atoms with Crippen molar-refractivity contribution in [3.63, 3.8) is 0 Å². The molecule has 0 aliphatic rings. The molecule has 2 aromatic rings. The smallest absolute Gasteiger partial charge is 0.355 e. The summed E-state index contributed by atoms with van der Waals surface area (Å²) < 4.78 is 38.0. The first-order chi connectivity index (χ1) is 12.3. The third-order valence-corrected chi connectivity index (χ3v) is 4.48. The Labute approximate surface area is 151 Å². The van der Waals surface area contributed by atoms with Gasteiger partial charge in [0.25, 0.3) is 5.69 Å². The molecule has 0 heterocycles. The van der Waals surface area contributed by atoms with E-state index >= 15 is 0 Å². The number of carbonyl (C=O) groups is 1. The summed E-state index contributed by atoms with van der Waals surface area (Å²) in [7, 11) is 0. The van der Waals surface area contributed by atoms with Crippen LogP contribution in [0, 0.1) is 10.1 Å². The average Bonchev–Trinajstić information content (AvgIpc) is 2.60. The zero-order valence-corrected chi connectivity index (χ0v) is 14.3. The molecular formula is C17H15F3N2O3S. The first kappa shape index (κ1) is 19.8. The zero-order chi connectivity index (χ0) is 19.2. The molecule has 0 bridgehead atoms. The van der Waals surface area contributed by atoms with Crippen LogP contribution >= 0.6 is 11.8 Å². The molecular weight excluding hydrogens is 369 g/mol. The van der Waals surface area contributed by atoms with Crippen LogP contribution in [-0.2, 0) is 17.4 Å². The molecule has 0 saturated carbocycles. The Morgan fingerprint density at radius 3 is 2.46 bits per heavy atom. The Bertz CT molecular complexity index is 783. The number of halogens is 3. The Kier molecular flexibility index (Phi) is 6.62. The molecule has 2 aromatic carbocycles. The summed E-state index contributed by atoms with van der Waals surface area (Å²) in [6.45, 7) is 0.401. The van der Waals surface area contributed by atoms with E-state index in [4.69, 9.17) is 0 Å². The van der Waals surface area contributed by atoms with Crippen LogP contribution in [0.4, 0.5) is 18.9 Å². The van der Waals surface area contributed by atoms with Gasteiger partial charge in [0.2, 0.25) is 5.91 Å². The highest BCUT2D eigenvalue weighted by molar-refractivity contribution is 8.00. The molecule has 0 aliphatic carbocycles. The minimum atomic E-state index is -4.66. The molecule has 1 N–H and O–H groups in total. The number of hydrogen-bond acceptors (Lipinski definition) is 4. The Morgan fingerprint density at radius 2 is 1.85 bits per heavy atom. The molecule has 26 heavy (non-hydrogen) atoms. The second-order valence-electron chi connectivity index (χ2n) is 5.31. The predicted molar refractivity (Wildman–Crippen MR) is 92.0 cm³/mol. The molecule has 138 valence electrons. The van der Waals surface area contributed by atoms with Crippen molar-refractivity contribution in [3.05, 3.63) is 69.8 Å². The number of carbonyl (C=O) groups excluding carboxylic acids is 1. The van der Waals surface area contributed by atoms with Gasteiger partial charge in [-0.1, -0.05) is 30.3 Å². The molecule has 0 spiro atoms. The van der Waals surface area contributed by atoms with E-state index in [-0.39, 0.29) is 16.6 Å². The first-order valence-corrected chi connectivity index (χ1v) is 8.55. The van der Waals surface area contributed by atoms with Gasteiger partial charge in [0, 0.05) is 12.6 Å². The fraction of sp³-hybridized carbons (Fsp3) is 0.235. The van der Waals surface area contributed by atoms with E-state index in [1.807, 2.05) is 30.3 Å². The molecule has 5 nitrogen and oxygen atoms in total. The van der Waals surface area contributed by atoms with Crippen LogP contribution in [0.25, 0.3) is 0 Å². The maximum absolute atomic E-state index is 12.7. The fourth-order valence-electron chi connectivity index (χ4n) is 2.14. The van der Waals surface area contributed by atoms with E-state index in [1.165, 1.54) is 0 Å². The molecule has 0 fully saturated rings. The third-order valence-electron chi connectivity index (χ3n) is 3.42. The van der Waals surface area contributed by atoms with Crippen LogP contribution in [0.15, 0.2) is 53.4 Å². The largest absolute Gasteiger partial charge is 0.416 e. The predicted octanol–water partition coefficient (Wildman–Crippen LogP) is 4.06. The van der Waals surface area contributed by atoms with Crippen LogP contribution < -0.4 is 5.32 Å². The number of nitrogens with zero attached hydrogens (tertiary/aromatic N) is 1. The number of benzene rings is 2. The lowest BCUT2D eigenvalue weighted by atomic mass is 10.1. The molecule has 0 radical (unpaired) electrons. The van der Waals surface area contributed by atoms with Gasteiger partial charge in [-0.15, -0.1) is 11.8 Å². The minimum absolute atomic E-state index is 0.0150. The molecule has 9 heteroatoms. The highest BCUT2D eigenvalue weighted by Gasteiger charge is 2.33. The van der Waals surface area contributed by atoms with E-state index in [1.54, 1.807) is 0 Å². The number of amides is 1. The highest BCUT2D eigenvalue weighted by Crippen LogP contribution is 2.36. The monoisotopic (exact) mass is 384 g/mol. The summed E-state index contributed by atoms with van der Waals surface area (Å²) in [5, 5.41) is 13.7. The lowest BCUT2D eigenvalue weighted by molar-refractivity contribution is -0.388. The summed E-state index contributed by atoms with van der Waals surface area (Å²) in [4.78, 5) is 22.0. The summed E-state index contributed by atoms with van der Waals surface area (Å²) >= 11 is 0.828. The van der Waals surface area contributed by atoms with Gasteiger partial charge in [0.05, 0.1) is 21.1 Å². The van der Waals surface area contributed by atoms with Crippen LogP contribution in [-0.4, -0.2) is 23.1 Å². The maximum atomic E-state index is 12.7. The molecule has 0 unspecified atom stereocenters. The van der Waals surface area contributed by atoms with Crippen molar-refractivity contribution >= 4 is 23.4 Å². The molecule has 2 rings (SSSR count). The van der Waals surface area contributed by atoms with Gasteiger partial charge < -0.3 is 5.32 Å². The van der Waals surface area contributed by atoms with E-state index < -0.39 is 22.4 Å². The van der Waals surface area contributed by atoms with Crippen molar-refractivity contribution in [2.45, 2.75) is 17.5 Å². The van der Waals surface area contributed by atoms with Crippen LogP contribution in [0.3, 0.4) is 0 Å². The van der Waals surface area contributed by atoms with Crippen molar-refractivity contribution in [1.29, 1.82) is 0 Å². The Hall–Kier alpha value is -2.55. The second kappa shape index (κ2) is 8.70. The number of nitro benzene ring substituents is 1. The number of rotatable bonds is 7. The molecule has 0 atom stereocenters.